The highest BCUT2D eigenvalue weighted by molar-refractivity contribution is 8.00. The number of piperidine rings is 1. The molecule has 0 atom stereocenters. The number of likely N-dealkylation sites (tertiary alicyclic amines) is 1. The number of carbonyl (C=O) groups is 1. The summed E-state index contributed by atoms with van der Waals surface area (Å²) in [5.74, 6) is 1.44. The van der Waals surface area contributed by atoms with Gasteiger partial charge in [0, 0.05) is 50.8 Å². The molecule has 2 saturated heterocycles. The maximum absolute atomic E-state index is 13.0. The Kier molecular flexibility index (Phi) is 7.09. The second-order valence-electron chi connectivity index (χ2n) is 9.00. The summed E-state index contributed by atoms with van der Waals surface area (Å²) < 4.78 is 35.0. The van der Waals surface area contributed by atoms with Gasteiger partial charge in [-0.1, -0.05) is 6.92 Å². The van der Waals surface area contributed by atoms with Gasteiger partial charge in [0.15, 0.2) is 0 Å². The third-order valence-electron chi connectivity index (χ3n) is 6.86. The molecule has 0 aromatic heterocycles. The number of amidine groups is 1. The lowest BCUT2D eigenvalue weighted by Crippen LogP contribution is -2.52. The highest BCUT2D eigenvalue weighted by atomic mass is 32.2. The van der Waals surface area contributed by atoms with Gasteiger partial charge >= 0.3 is 0 Å². The minimum Gasteiger partial charge on any atom is -0.497 e. The number of ether oxygens (including phenoxy) is 1. The number of nitrogens with zero attached hydrogens (tertiary/aromatic N) is 4. The summed E-state index contributed by atoms with van der Waals surface area (Å²) in [6.07, 6.45) is 2.58. The fourth-order valence-corrected chi connectivity index (χ4v) is 6.51. The Hall–Kier alpha value is -2.39. The van der Waals surface area contributed by atoms with Gasteiger partial charge in [-0.2, -0.15) is 8.42 Å². The van der Waals surface area contributed by atoms with Gasteiger partial charge < -0.3 is 14.5 Å². The smallest absolute Gasteiger partial charge is 0.285 e. The van der Waals surface area contributed by atoms with Crippen LogP contribution in [0.1, 0.15) is 38.7 Å². The maximum Gasteiger partial charge on any atom is 0.285 e. The van der Waals surface area contributed by atoms with Crippen molar-refractivity contribution in [1.82, 2.24) is 14.7 Å². The minimum absolute atomic E-state index is 0.00271. The van der Waals surface area contributed by atoms with E-state index in [-0.39, 0.29) is 16.7 Å². The second kappa shape index (κ2) is 9.85. The number of methoxy groups -OCH3 is 1. The molecular weight excluding hydrogens is 440 g/mol. The number of sulfonamides is 1. The molecule has 33 heavy (non-hydrogen) atoms. The van der Waals surface area contributed by atoms with E-state index >= 15 is 0 Å². The van der Waals surface area contributed by atoms with Crippen molar-refractivity contribution in [1.29, 1.82) is 0 Å². The molecule has 0 aliphatic carbocycles. The molecule has 0 unspecified atom stereocenters. The van der Waals surface area contributed by atoms with Crippen molar-refractivity contribution in [2.75, 3.05) is 52.9 Å². The molecule has 0 N–H and O–H groups in total. The topological polar surface area (TPSA) is 82.5 Å². The molecule has 1 aromatic carbocycles. The summed E-state index contributed by atoms with van der Waals surface area (Å²) in [7, 11) is -2.18. The van der Waals surface area contributed by atoms with E-state index in [1.165, 1.54) is 0 Å². The van der Waals surface area contributed by atoms with Crippen LogP contribution in [0.25, 0.3) is 4.91 Å². The zero-order valence-corrected chi connectivity index (χ0v) is 20.6. The first-order valence-corrected chi connectivity index (χ1v) is 13.2. The van der Waals surface area contributed by atoms with Crippen LogP contribution in [0.5, 0.6) is 5.75 Å². The first-order valence-electron chi connectivity index (χ1n) is 11.8. The first-order chi connectivity index (χ1) is 15.8. The number of hydrogen-bond donors (Lipinski definition) is 0. The average Bonchev–Trinajstić information content (AvgIpc) is 3.08. The van der Waals surface area contributed by atoms with Gasteiger partial charge in [-0.3, -0.25) is 9.69 Å². The quantitative estimate of drug-likeness (QED) is 0.652. The van der Waals surface area contributed by atoms with Crippen molar-refractivity contribution in [3.8, 4) is 5.75 Å². The Labute approximate surface area is 197 Å². The first kappa shape index (κ1) is 23.8. The normalized spacial score (nSPS) is 22.0. The Bertz CT molecular complexity index is 1030. The number of piperazine rings is 1. The summed E-state index contributed by atoms with van der Waals surface area (Å²) in [4.78, 5) is 19.7. The van der Waals surface area contributed by atoms with Crippen molar-refractivity contribution in [3.63, 3.8) is 0 Å². The molecule has 3 heterocycles. The van der Waals surface area contributed by atoms with Crippen LogP contribution < -0.4 is 4.74 Å². The van der Waals surface area contributed by atoms with Gasteiger partial charge in [0.1, 0.15) is 16.5 Å². The summed E-state index contributed by atoms with van der Waals surface area (Å²) in [5, 5.41) is 0. The second-order valence-corrected chi connectivity index (χ2v) is 10.5. The monoisotopic (exact) mass is 474 g/mol. The highest BCUT2D eigenvalue weighted by Gasteiger charge is 2.36. The van der Waals surface area contributed by atoms with Crippen LogP contribution in [0.3, 0.4) is 0 Å². The van der Waals surface area contributed by atoms with E-state index in [9.17, 15) is 13.2 Å². The van der Waals surface area contributed by atoms with E-state index in [1.807, 2.05) is 16.7 Å². The van der Waals surface area contributed by atoms with Crippen LogP contribution in [0, 0.1) is 5.92 Å². The number of benzene rings is 1. The third-order valence-corrected chi connectivity index (χ3v) is 8.33. The largest absolute Gasteiger partial charge is 0.497 e. The summed E-state index contributed by atoms with van der Waals surface area (Å²) in [6, 6.07) is 7.00. The zero-order chi connectivity index (χ0) is 23.6. The van der Waals surface area contributed by atoms with Gasteiger partial charge in [-0.25, -0.2) is 0 Å². The van der Waals surface area contributed by atoms with Crippen LogP contribution in [0.2, 0.25) is 0 Å². The molecule has 0 spiro atoms. The Balaban J connectivity index is 1.40. The Morgan fingerprint density at radius 1 is 1.06 bits per heavy atom. The predicted molar refractivity (Wildman–Crippen MR) is 130 cm³/mol. The summed E-state index contributed by atoms with van der Waals surface area (Å²) in [6.45, 7) is 9.86. The standard InChI is InChI=1S/C24H34N4O4S/c1-4-11-26-14-16-28(17-15-26)24(29)20-9-12-27(13-10-20)23-18(2)22(33(30,31)25-23)19-5-7-21(32-3)8-6-19/h5-8,20H,4,9-17H2,1-3H3. The maximum atomic E-state index is 13.0. The molecule has 9 heteroatoms. The number of carbonyl (C=O) groups excluding carboxylic acids is 1. The Morgan fingerprint density at radius 2 is 1.70 bits per heavy atom. The highest BCUT2D eigenvalue weighted by Crippen LogP contribution is 2.35. The molecule has 180 valence electrons. The van der Waals surface area contributed by atoms with Crippen molar-refractivity contribution in [2.24, 2.45) is 10.3 Å². The van der Waals surface area contributed by atoms with E-state index in [1.54, 1.807) is 31.4 Å². The van der Waals surface area contributed by atoms with Gasteiger partial charge in [0.2, 0.25) is 5.91 Å². The molecule has 1 aromatic rings. The van der Waals surface area contributed by atoms with Crippen LogP contribution in [0.15, 0.2) is 34.2 Å². The molecule has 8 nitrogen and oxygen atoms in total. The van der Waals surface area contributed by atoms with E-state index in [0.29, 0.717) is 35.8 Å². The number of hydrogen-bond acceptors (Lipinski definition) is 6. The van der Waals surface area contributed by atoms with Crippen LogP contribution in [0.4, 0.5) is 0 Å². The third kappa shape index (κ3) is 4.94. The lowest BCUT2D eigenvalue weighted by Gasteiger charge is -2.39. The predicted octanol–water partition coefficient (Wildman–Crippen LogP) is 2.43. The molecule has 3 aliphatic rings. The van der Waals surface area contributed by atoms with Crippen LogP contribution in [-0.4, -0.2) is 87.8 Å². The summed E-state index contributed by atoms with van der Waals surface area (Å²) in [5.41, 5.74) is 1.27. The lowest BCUT2D eigenvalue weighted by atomic mass is 9.94. The van der Waals surface area contributed by atoms with E-state index < -0.39 is 10.0 Å². The number of amides is 1. The van der Waals surface area contributed by atoms with Crippen molar-refractivity contribution in [2.45, 2.75) is 33.1 Å². The molecule has 3 aliphatic heterocycles. The van der Waals surface area contributed by atoms with Gasteiger partial charge in [0.25, 0.3) is 10.0 Å². The fourth-order valence-electron chi connectivity index (χ4n) is 5.03. The SMILES string of the molecule is CCCN1CCN(C(=O)C2CCN(C3=NS(=O)(=O)C(c4ccc(OC)cc4)=C3C)CC2)CC1. The summed E-state index contributed by atoms with van der Waals surface area (Å²) >= 11 is 0. The molecular formula is C24H34N4O4S. The van der Waals surface area contributed by atoms with E-state index in [2.05, 4.69) is 16.2 Å². The van der Waals surface area contributed by atoms with Gasteiger partial charge in [-0.05, 0) is 62.6 Å². The van der Waals surface area contributed by atoms with Crippen LogP contribution >= 0.6 is 0 Å². The fraction of sp³-hybridized carbons (Fsp3) is 0.583. The average molecular weight is 475 g/mol. The molecule has 1 amide bonds. The lowest BCUT2D eigenvalue weighted by molar-refractivity contribution is -0.138. The van der Waals surface area contributed by atoms with E-state index in [4.69, 9.17) is 4.74 Å². The van der Waals surface area contributed by atoms with Gasteiger partial charge in [0.05, 0.1) is 7.11 Å². The molecule has 0 saturated carbocycles. The van der Waals surface area contributed by atoms with Crippen molar-refractivity contribution < 1.29 is 17.9 Å². The van der Waals surface area contributed by atoms with Crippen molar-refractivity contribution >= 4 is 26.7 Å². The zero-order valence-electron chi connectivity index (χ0n) is 19.8. The molecule has 4 rings (SSSR count). The molecule has 0 radical (unpaired) electrons. The molecule has 2 fully saturated rings. The molecule has 0 bridgehead atoms. The minimum atomic E-state index is -3.76. The number of rotatable bonds is 5. The Morgan fingerprint density at radius 3 is 2.27 bits per heavy atom. The van der Waals surface area contributed by atoms with Gasteiger partial charge in [-0.15, -0.1) is 4.40 Å². The van der Waals surface area contributed by atoms with Crippen molar-refractivity contribution in [3.05, 3.63) is 35.4 Å². The van der Waals surface area contributed by atoms with E-state index in [0.717, 1.165) is 52.0 Å². The van der Waals surface area contributed by atoms with Crippen LogP contribution in [-0.2, 0) is 14.8 Å².